The molecular formula is C28H25ClN2O5. The summed E-state index contributed by atoms with van der Waals surface area (Å²) in [5.74, 6) is 0.149. The second-order valence-electron chi connectivity index (χ2n) is 8.19. The van der Waals surface area contributed by atoms with Crippen molar-refractivity contribution in [3.63, 3.8) is 0 Å². The van der Waals surface area contributed by atoms with Gasteiger partial charge in [0.2, 0.25) is 0 Å². The number of benzene rings is 3. The summed E-state index contributed by atoms with van der Waals surface area (Å²) < 4.78 is 15.7. The predicted molar refractivity (Wildman–Crippen MR) is 138 cm³/mol. The van der Waals surface area contributed by atoms with E-state index in [0.29, 0.717) is 27.7 Å². The molecule has 0 saturated heterocycles. The normalized spacial score (nSPS) is 11.6. The summed E-state index contributed by atoms with van der Waals surface area (Å²) in [4.78, 5) is 24.1. The molecular weight excluding hydrogens is 480 g/mol. The zero-order valence-electron chi connectivity index (χ0n) is 20.1. The van der Waals surface area contributed by atoms with Crippen LogP contribution in [-0.2, 0) is 20.7 Å². The van der Waals surface area contributed by atoms with Crippen molar-refractivity contribution in [1.82, 2.24) is 5.16 Å². The van der Waals surface area contributed by atoms with E-state index in [9.17, 15) is 9.59 Å². The molecule has 0 fully saturated rings. The Morgan fingerprint density at radius 3 is 2.22 bits per heavy atom. The number of anilines is 1. The average Bonchev–Trinajstić information content (AvgIpc) is 3.24. The number of amides is 1. The topological polar surface area (TPSA) is 90.7 Å². The monoisotopic (exact) mass is 504 g/mol. The molecule has 0 saturated carbocycles. The molecule has 8 heteroatoms. The van der Waals surface area contributed by atoms with Gasteiger partial charge in [-0.25, -0.2) is 4.79 Å². The van der Waals surface area contributed by atoms with E-state index in [4.69, 9.17) is 25.6 Å². The highest BCUT2D eigenvalue weighted by atomic mass is 35.5. The van der Waals surface area contributed by atoms with Gasteiger partial charge in [-0.3, -0.25) is 10.1 Å². The summed E-state index contributed by atoms with van der Waals surface area (Å²) >= 11 is 6.21. The van der Waals surface area contributed by atoms with Gasteiger partial charge in [-0.2, -0.15) is 0 Å². The van der Waals surface area contributed by atoms with Crippen molar-refractivity contribution in [2.75, 3.05) is 12.4 Å². The molecule has 1 aromatic heterocycles. The smallest absolute Gasteiger partial charge is 0.412 e. The Balaban J connectivity index is 1.47. The first-order valence-electron chi connectivity index (χ1n) is 11.3. The summed E-state index contributed by atoms with van der Waals surface area (Å²) in [5, 5.41) is 7.29. The van der Waals surface area contributed by atoms with Crippen LogP contribution in [0.5, 0.6) is 0 Å². The highest BCUT2D eigenvalue weighted by Gasteiger charge is 2.20. The molecule has 0 aliphatic carbocycles. The van der Waals surface area contributed by atoms with Crippen LogP contribution < -0.4 is 5.32 Å². The molecule has 4 aromatic rings. The van der Waals surface area contributed by atoms with Crippen LogP contribution >= 0.6 is 11.6 Å². The highest BCUT2D eigenvalue weighted by Crippen LogP contribution is 2.33. The molecule has 0 spiro atoms. The van der Waals surface area contributed by atoms with Crippen LogP contribution in [0, 0.1) is 6.92 Å². The molecule has 3 aromatic carbocycles. The third kappa shape index (κ3) is 5.75. The van der Waals surface area contributed by atoms with Crippen LogP contribution in [0.1, 0.15) is 29.8 Å². The average molecular weight is 505 g/mol. The minimum absolute atomic E-state index is 0.232. The summed E-state index contributed by atoms with van der Waals surface area (Å²) in [7, 11) is 1.37. The van der Waals surface area contributed by atoms with Gasteiger partial charge in [0, 0.05) is 16.1 Å². The zero-order valence-corrected chi connectivity index (χ0v) is 20.8. The summed E-state index contributed by atoms with van der Waals surface area (Å²) in [6, 6.07) is 22.6. The van der Waals surface area contributed by atoms with Gasteiger partial charge < -0.3 is 14.0 Å². The van der Waals surface area contributed by atoms with E-state index < -0.39 is 12.2 Å². The number of nitrogens with zero attached hydrogens (tertiary/aromatic N) is 1. The Labute approximate surface area is 214 Å². The van der Waals surface area contributed by atoms with Crippen molar-refractivity contribution in [2.45, 2.75) is 26.4 Å². The Morgan fingerprint density at radius 2 is 1.58 bits per heavy atom. The molecule has 1 heterocycles. The van der Waals surface area contributed by atoms with Crippen molar-refractivity contribution >= 4 is 29.4 Å². The fourth-order valence-electron chi connectivity index (χ4n) is 3.74. The number of rotatable bonds is 7. The molecule has 184 valence electrons. The number of hydrogen-bond donors (Lipinski definition) is 1. The third-order valence-electron chi connectivity index (χ3n) is 5.73. The van der Waals surface area contributed by atoms with Crippen molar-refractivity contribution in [3.8, 4) is 22.5 Å². The maximum atomic E-state index is 12.6. The molecule has 7 nitrogen and oxygen atoms in total. The minimum atomic E-state index is -0.640. The van der Waals surface area contributed by atoms with E-state index in [1.807, 2.05) is 66.7 Å². The molecule has 1 N–H and O–H groups in total. The largest absolute Gasteiger partial charge is 0.469 e. The number of methoxy groups -OCH3 is 1. The second-order valence-corrected chi connectivity index (χ2v) is 8.60. The minimum Gasteiger partial charge on any atom is -0.469 e. The van der Waals surface area contributed by atoms with E-state index in [1.54, 1.807) is 19.9 Å². The van der Waals surface area contributed by atoms with E-state index in [-0.39, 0.29) is 12.4 Å². The maximum Gasteiger partial charge on any atom is 0.412 e. The van der Waals surface area contributed by atoms with Crippen molar-refractivity contribution in [3.05, 3.63) is 94.6 Å². The number of carbonyl (C=O) groups excluding carboxylic acids is 2. The van der Waals surface area contributed by atoms with Gasteiger partial charge in [0.1, 0.15) is 17.5 Å². The quantitative estimate of drug-likeness (QED) is 0.272. The number of aromatic nitrogens is 1. The molecule has 0 radical (unpaired) electrons. The number of carbonyl (C=O) groups is 2. The number of hydrogen-bond acceptors (Lipinski definition) is 6. The molecule has 0 aliphatic rings. The van der Waals surface area contributed by atoms with Gasteiger partial charge in [-0.05, 0) is 36.6 Å². The lowest BCUT2D eigenvalue weighted by atomic mass is 10.0. The lowest BCUT2D eigenvalue weighted by Gasteiger charge is -2.15. The maximum absolute atomic E-state index is 12.6. The fraction of sp³-hybridized carbons (Fsp3) is 0.179. The van der Waals surface area contributed by atoms with Gasteiger partial charge >= 0.3 is 12.1 Å². The van der Waals surface area contributed by atoms with Crippen molar-refractivity contribution in [1.29, 1.82) is 0 Å². The molecule has 0 aliphatic heterocycles. The number of aryl methyl sites for hydroxylation is 1. The number of halogens is 1. The molecule has 0 bridgehead atoms. The molecule has 4 rings (SSSR count). The molecule has 36 heavy (non-hydrogen) atoms. The van der Waals surface area contributed by atoms with Gasteiger partial charge in [0.05, 0.1) is 13.5 Å². The van der Waals surface area contributed by atoms with Crippen LogP contribution in [0.3, 0.4) is 0 Å². The van der Waals surface area contributed by atoms with Crippen LogP contribution in [-0.4, -0.2) is 24.3 Å². The molecule has 1 atom stereocenters. The first kappa shape index (κ1) is 25.0. The summed E-state index contributed by atoms with van der Waals surface area (Å²) in [6.45, 7) is 3.49. The Hall–Kier alpha value is -4.10. The van der Waals surface area contributed by atoms with Crippen molar-refractivity contribution < 1.29 is 23.6 Å². The Morgan fingerprint density at radius 1 is 0.972 bits per heavy atom. The SMILES string of the molecule is COC(=O)Cc1ccc(-c2ccc(-c3onc(C)c3NC(=O)OC(C)c3ccccc3Cl)cc2)cc1. The van der Waals surface area contributed by atoms with Gasteiger partial charge in [0.25, 0.3) is 0 Å². The first-order chi connectivity index (χ1) is 17.4. The number of ether oxygens (including phenoxy) is 2. The Bertz CT molecular complexity index is 1360. The second kappa shape index (κ2) is 11.1. The molecule has 1 unspecified atom stereocenters. The van der Waals surface area contributed by atoms with Gasteiger partial charge in [-0.1, -0.05) is 83.5 Å². The lowest BCUT2D eigenvalue weighted by molar-refractivity contribution is -0.139. The van der Waals surface area contributed by atoms with E-state index in [2.05, 4.69) is 10.5 Å². The third-order valence-corrected chi connectivity index (χ3v) is 6.07. The molecule has 1 amide bonds. The van der Waals surface area contributed by atoms with Gasteiger partial charge in [-0.15, -0.1) is 0 Å². The number of nitrogens with one attached hydrogen (secondary N) is 1. The zero-order chi connectivity index (χ0) is 25.7. The van der Waals surface area contributed by atoms with Crippen LogP contribution in [0.4, 0.5) is 10.5 Å². The van der Waals surface area contributed by atoms with E-state index in [0.717, 1.165) is 22.3 Å². The van der Waals surface area contributed by atoms with Crippen molar-refractivity contribution in [2.24, 2.45) is 0 Å². The van der Waals surface area contributed by atoms with E-state index in [1.165, 1.54) is 7.11 Å². The predicted octanol–water partition coefficient (Wildman–Crippen LogP) is 7.00. The van der Waals surface area contributed by atoms with Crippen LogP contribution in [0.15, 0.2) is 77.3 Å². The standard InChI is InChI=1S/C28H25ClN2O5/c1-17-26(30-28(33)35-18(2)23-6-4-5-7-24(23)29)27(36-31-17)22-14-12-21(13-15-22)20-10-8-19(9-11-20)16-25(32)34-3/h4-15,18H,16H2,1-3H3,(H,30,33). The summed E-state index contributed by atoms with van der Waals surface area (Å²) in [5.41, 5.74) is 5.29. The number of esters is 1. The van der Waals surface area contributed by atoms with Crippen LogP contribution in [0.25, 0.3) is 22.5 Å². The summed E-state index contributed by atoms with van der Waals surface area (Å²) in [6.07, 6.45) is -0.949. The Kier molecular flexibility index (Phi) is 7.71. The fourth-order valence-corrected chi connectivity index (χ4v) is 4.03. The van der Waals surface area contributed by atoms with E-state index >= 15 is 0 Å². The first-order valence-corrected chi connectivity index (χ1v) is 11.7. The highest BCUT2D eigenvalue weighted by molar-refractivity contribution is 6.31. The van der Waals surface area contributed by atoms with Gasteiger partial charge in [0.15, 0.2) is 5.76 Å². The lowest BCUT2D eigenvalue weighted by Crippen LogP contribution is -2.17. The van der Waals surface area contributed by atoms with Crippen LogP contribution in [0.2, 0.25) is 5.02 Å².